The SMILES string of the molecule is CC(C)C[C@@H]1COCCN1C(=O)NC1CCN(CC(F)F)CC1. The third-order valence-electron chi connectivity index (χ3n) is 4.54. The van der Waals surface area contributed by atoms with Gasteiger partial charge in [-0.15, -0.1) is 0 Å². The maximum atomic E-state index is 12.5. The van der Waals surface area contributed by atoms with Crippen LogP contribution < -0.4 is 5.32 Å². The van der Waals surface area contributed by atoms with Gasteiger partial charge in [0.2, 0.25) is 0 Å². The molecule has 2 heterocycles. The zero-order valence-electron chi connectivity index (χ0n) is 14.1. The van der Waals surface area contributed by atoms with Crippen LogP contribution >= 0.6 is 0 Å². The molecule has 2 rings (SSSR count). The molecule has 5 nitrogen and oxygen atoms in total. The van der Waals surface area contributed by atoms with Gasteiger partial charge in [-0.25, -0.2) is 13.6 Å². The third-order valence-corrected chi connectivity index (χ3v) is 4.54. The normalized spacial score (nSPS) is 24.4. The summed E-state index contributed by atoms with van der Waals surface area (Å²) in [6, 6.07) is 0.174. The minimum Gasteiger partial charge on any atom is -0.377 e. The maximum Gasteiger partial charge on any atom is 0.318 e. The van der Waals surface area contributed by atoms with E-state index in [-0.39, 0.29) is 24.7 Å². The number of likely N-dealkylation sites (tertiary alicyclic amines) is 1. The predicted molar refractivity (Wildman–Crippen MR) is 84.8 cm³/mol. The summed E-state index contributed by atoms with van der Waals surface area (Å²) in [5, 5.41) is 3.08. The lowest BCUT2D eigenvalue weighted by atomic mass is 10.0. The first-order valence-corrected chi connectivity index (χ1v) is 8.61. The van der Waals surface area contributed by atoms with Gasteiger partial charge < -0.3 is 15.0 Å². The molecule has 2 amide bonds. The summed E-state index contributed by atoms with van der Waals surface area (Å²) >= 11 is 0. The van der Waals surface area contributed by atoms with Gasteiger partial charge in [-0.3, -0.25) is 4.90 Å². The number of nitrogens with zero attached hydrogens (tertiary/aromatic N) is 2. The Labute approximate surface area is 137 Å². The first-order chi connectivity index (χ1) is 11.0. The zero-order valence-corrected chi connectivity index (χ0v) is 14.1. The number of amides is 2. The smallest absolute Gasteiger partial charge is 0.318 e. The van der Waals surface area contributed by atoms with E-state index in [0.717, 1.165) is 19.3 Å². The van der Waals surface area contributed by atoms with E-state index in [4.69, 9.17) is 4.74 Å². The van der Waals surface area contributed by atoms with E-state index in [1.807, 2.05) is 4.90 Å². The largest absolute Gasteiger partial charge is 0.377 e. The summed E-state index contributed by atoms with van der Waals surface area (Å²) in [5.41, 5.74) is 0. The summed E-state index contributed by atoms with van der Waals surface area (Å²) < 4.78 is 30.3. The molecule has 2 fully saturated rings. The summed E-state index contributed by atoms with van der Waals surface area (Å²) in [4.78, 5) is 16.2. The molecule has 1 N–H and O–H groups in total. The Morgan fingerprint density at radius 1 is 1.26 bits per heavy atom. The van der Waals surface area contributed by atoms with Crippen molar-refractivity contribution in [1.82, 2.24) is 15.1 Å². The number of morpholine rings is 1. The number of nitrogens with one attached hydrogen (secondary N) is 1. The van der Waals surface area contributed by atoms with Crippen LogP contribution in [0.5, 0.6) is 0 Å². The topological polar surface area (TPSA) is 44.8 Å². The Bertz CT molecular complexity index is 374. The lowest BCUT2D eigenvalue weighted by Crippen LogP contribution is -2.56. The summed E-state index contributed by atoms with van der Waals surface area (Å²) in [6.45, 7) is 7.15. The molecule has 0 aromatic heterocycles. The van der Waals surface area contributed by atoms with Crippen molar-refractivity contribution in [2.75, 3.05) is 39.4 Å². The molecule has 0 saturated carbocycles. The summed E-state index contributed by atoms with van der Waals surface area (Å²) in [7, 11) is 0. The van der Waals surface area contributed by atoms with E-state index < -0.39 is 6.43 Å². The summed E-state index contributed by atoms with van der Waals surface area (Å²) in [5.74, 6) is 0.509. The van der Waals surface area contributed by atoms with Crippen LogP contribution in [0, 0.1) is 5.92 Å². The highest BCUT2D eigenvalue weighted by atomic mass is 19.3. The lowest BCUT2D eigenvalue weighted by Gasteiger charge is -2.38. The van der Waals surface area contributed by atoms with Crippen LogP contribution in [0.15, 0.2) is 0 Å². The quantitative estimate of drug-likeness (QED) is 0.839. The zero-order chi connectivity index (χ0) is 16.8. The first-order valence-electron chi connectivity index (χ1n) is 8.61. The number of carbonyl (C=O) groups is 1. The van der Waals surface area contributed by atoms with Crippen molar-refractivity contribution in [2.45, 2.75) is 51.6 Å². The van der Waals surface area contributed by atoms with Crippen molar-refractivity contribution < 1.29 is 18.3 Å². The second-order valence-corrected chi connectivity index (χ2v) is 6.97. The average Bonchev–Trinajstić information content (AvgIpc) is 2.48. The maximum absolute atomic E-state index is 12.5. The number of urea groups is 1. The van der Waals surface area contributed by atoms with Gasteiger partial charge in [0, 0.05) is 25.7 Å². The minimum atomic E-state index is -2.29. The molecule has 2 saturated heterocycles. The van der Waals surface area contributed by atoms with Crippen molar-refractivity contribution in [3.8, 4) is 0 Å². The predicted octanol–water partition coefficient (Wildman–Crippen LogP) is 2.17. The van der Waals surface area contributed by atoms with E-state index in [1.54, 1.807) is 4.90 Å². The molecule has 0 aliphatic carbocycles. The van der Waals surface area contributed by atoms with E-state index in [9.17, 15) is 13.6 Å². The number of ether oxygens (including phenoxy) is 1. The fraction of sp³-hybridized carbons (Fsp3) is 0.938. The van der Waals surface area contributed by atoms with Crippen molar-refractivity contribution >= 4 is 6.03 Å². The van der Waals surface area contributed by atoms with Gasteiger partial charge >= 0.3 is 6.03 Å². The van der Waals surface area contributed by atoms with Gasteiger partial charge in [0.05, 0.1) is 25.8 Å². The third kappa shape index (κ3) is 5.88. The van der Waals surface area contributed by atoms with Gasteiger partial charge in [-0.05, 0) is 25.2 Å². The highest BCUT2D eigenvalue weighted by Gasteiger charge is 2.30. The number of rotatable bonds is 5. The molecule has 0 spiro atoms. The van der Waals surface area contributed by atoms with Crippen LogP contribution in [0.1, 0.15) is 33.1 Å². The highest BCUT2D eigenvalue weighted by molar-refractivity contribution is 5.75. The lowest BCUT2D eigenvalue weighted by molar-refractivity contribution is 0.00424. The van der Waals surface area contributed by atoms with Gasteiger partial charge in [0.1, 0.15) is 0 Å². The van der Waals surface area contributed by atoms with Crippen LogP contribution in [-0.2, 0) is 4.74 Å². The van der Waals surface area contributed by atoms with Crippen LogP contribution in [0.4, 0.5) is 13.6 Å². The molecule has 0 bridgehead atoms. The molecule has 1 atom stereocenters. The molecular formula is C16H29F2N3O2. The molecule has 134 valence electrons. The number of halogens is 2. The first kappa shape index (κ1) is 18.4. The minimum absolute atomic E-state index is 0.0359. The molecule has 23 heavy (non-hydrogen) atoms. The molecular weight excluding hydrogens is 304 g/mol. The Morgan fingerprint density at radius 2 is 1.96 bits per heavy atom. The molecule has 0 aromatic carbocycles. The van der Waals surface area contributed by atoms with E-state index in [2.05, 4.69) is 19.2 Å². The molecule has 0 aromatic rings. The Morgan fingerprint density at radius 3 is 2.57 bits per heavy atom. The van der Waals surface area contributed by atoms with Crippen LogP contribution in [-0.4, -0.2) is 73.7 Å². The Balaban J connectivity index is 1.79. The molecule has 0 radical (unpaired) electrons. The van der Waals surface area contributed by atoms with Gasteiger partial charge in [0.15, 0.2) is 0 Å². The number of alkyl halides is 2. The second-order valence-electron chi connectivity index (χ2n) is 6.97. The monoisotopic (exact) mass is 333 g/mol. The molecule has 2 aliphatic heterocycles. The van der Waals surface area contributed by atoms with Crippen molar-refractivity contribution in [1.29, 1.82) is 0 Å². The molecule has 2 aliphatic rings. The van der Waals surface area contributed by atoms with E-state index in [0.29, 0.717) is 38.8 Å². The average molecular weight is 333 g/mol. The number of hydrogen-bond donors (Lipinski definition) is 1. The Hall–Kier alpha value is -0.950. The van der Waals surface area contributed by atoms with Crippen molar-refractivity contribution in [3.63, 3.8) is 0 Å². The molecule has 7 heteroatoms. The standard InChI is InChI=1S/C16H29F2N3O2/c1-12(2)9-14-11-23-8-7-21(14)16(22)19-13-3-5-20(6-4-13)10-15(17)18/h12-15H,3-11H2,1-2H3,(H,19,22)/t14-/m1/s1. The fourth-order valence-corrected chi connectivity index (χ4v) is 3.37. The van der Waals surface area contributed by atoms with E-state index in [1.165, 1.54) is 0 Å². The molecule has 0 unspecified atom stereocenters. The van der Waals surface area contributed by atoms with Gasteiger partial charge in [-0.1, -0.05) is 13.8 Å². The highest BCUT2D eigenvalue weighted by Crippen LogP contribution is 2.17. The van der Waals surface area contributed by atoms with Gasteiger partial charge in [-0.2, -0.15) is 0 Å². The van der Waals surface area contributed by atoms with Crippen LogP contribution in [0.3, 0.4) is 0 Å². The van der Waals surface area contributed by atoms with Crippen LogP contribution in [0.2, 0.25) is 0 Å². The Kier molecular flexibility index (Phi) is 7.02. The van der Waals surface area contributed by atoms with Crippen molar-refractivity contribution in [3.05, 3.63) is 0 Å². The van der Waals surface area contributed by atoms with Gasteiger partial charge in [0.25, 0.3) is 6.43 Å². The number of piperidine rings is 1. The van der Waals surface area contributed by atoms with E-state index >= 15 is 0 Å². The second kappa shape index (κ2) is 8.78. The van der Waals surface area contributed by atoms with Crippen molar-refractivity contribution in [2.24, 2.45) is 5.92 Å². The fourth-order valence-electron chi connectivity index (χ4n) is 3.37. The number of carbonyl (C=O) groups excluding carboxylic acids is 1. The number of hydrogen-bond acceptors (Lipinski definition) is 3. The van der Waals surface area contributed by atoms with Crippen LogP contribution in [0.25, 0.3) is 0 Å². The summed E-state index contributed by atoms with van der Waals surface area (Å²) in [6.07, 6.45) is 0.113.